The van der Waals surface area contributed by atoms with Crippen LogP contribution in [0.3, 0.4) is 0 Å². The molecule has 0 radical (unpaired) electrons. The second-order valence-electron chi connectivity index (χ2n) is 8.98. The van der Waals surface area contributed by atoms with E-state index in [0.29, 0.717) is 32.5 Å². The Labute approximate surface area is 203 Å². The van der Waals surface area contributed by atoms with E-state index in [4.69, 9.17) is 4.74 Å². The highest BCUT2D eigenvalue weighted by molar-refractivity contribution is 7.89. The third kappa shape index (κ3) is 5.99. The Morgan fingerprint density at radius 2 is 1.59 bits per heavy atom. The monoisotopic (exact) mass is 515 g/mol. The molecule has 1 aromatic carbocycles. The van der Waals surface area contributed by atoms with Gasteiger partial charge >= 0.3 is 0 Å². The first-order chi connectivity index (χ1) is 16.1. The highest BCUT2D eigenvalue weighted by Gasteiger charge is 2.35. The number of benzene rings is 1. The summed E-state index contributed by atoms with van der Waals surface area (Å²) in [6.07, 6.45) is 5.04. The molecule has 0 bridgehead atoms. The highest BCUT2D eigenvalue weighted by atomic mass is 32.2. The Kier molecular flexibility index (Phi) is 9.13. The average Bonchev–Trinajstić information content (AvgIpc) is 2.85. The van der Waals surface area contributed by atoms with Gasteiger partial charge in [0.25, 0.3) is 0 Å². The Morgan fingerprint density at radius 3 is 2.15 bits per heavy atom. The predicted octanol–water partition coefficient (Wildman–Crippen LogP) is 2.19. The SMILES string of the molecule is CCN(CC)S(=O)(=O)c1ccc(S(=O)(=O)N2CCC[C@@H](C(=O)NC3CCC(OC)CC3)C2)cc1. The minimum atomic E-state index is -3.84. The molecule has 1 atom stereocenters. The summed E-state index contributed by atoms with van der Waals surface area (Å²) >= 11 is 0. The fraction of sp³-hybridized carbons (Fsp3) is 0.696. The van der Waals surface area contributed by atoms with Crippen LogP contribution in [0, 0.1) is 5.92 Å². The van der Waals surface area contributed by atoms with Crippen LogP contribution < -0.4 is 5.32 Å². The van der Waals surface area contributed by atoms with Gasteiger partial charge in [0, 0.05) is 39.3 Å². The van der Waals surface area contributed by atoms with Crippen molar-refractivity contribution in [1.82, 2.24) is 13.9 Å². The Bertz CT molecular complexity index is 1030. The molecule has 2 fully saturated rings. The summed E-state index contributed by atoms with van der Waals surface area (Å²) < 4.78 is 59.9. The molecular formula is C23H37N3O6S2. The summed E-state index contributed by atoms with van der Waals surface area (Å²) in [5.74, 6) is -0.493. The van der Waals surface area contributed by atoms with Crippen LogP contribution in [0.25, 0.3) is 0 Å². The Morgan fingerprint density at radius 1 is 1.00 bits per heavy atom. The summed E-state index contributed by atoms with van der Waals surface area (Å²) in [6.45, 7) is 4.65. The van der Waals surface area contributed by atoms with Gasteiger partial charge in [-0.05, 0) is 62.8 Å². The molecule has 3 rings (SSSR count). The maximum absolute atomic E-state index is 13.2. The van der Waals surface area contributed by atoms with E-state index < -0.39 is 26.0 Å². The van der Waals surface area contributed by atoms with Crippen molar-refractivity contribution in [1.29, 1.82) is 0 Å². The molecule has 1 N–H and O–H groups in total. The molecule has 2 aliphatic rings. The molecule has 1 heterocycles. The van der Waals surface area contributed by atoms with Crippen molar-refractivity contribution >= 4 is 26.0 Å². The van der Waals surface area contributed by atoms with Crippen LogP contribution >= 0.6 is 0 Å². The average molecular weight is 516 g/mol. The largest absolute Gasteiger partial charge is 0.381 e. The van der Waals surface area contributed by atoms with Crippen LogP contribution in [0.5, 0.6) is 0 Å². The molecule has 1 aliphatic carbocycles. The minimum absolute atomic E-state index is 0.0324. The summed E-state index contributed by atoms with van der Waals surface area (Å²) in [7, 11) is -5.79. The first-order valence-corrected chi connectivity index (χ1v) is 14.9. The number of sulfonamides is 2. The normalized spacial score (nSPS) is 24.8. The van der Waals surface area contributed by atoms with Crippen LogP contribution in [0.15, 0.2) is 34.1 Å². The molecule has 1 saturated carbocycles. The Balaban J connectivity index is 1.66. The maximum Gasteiger partial charge on any atom is 0.243 e. The van der Waals surface area contributed by atoms with Crippen molar-refractivity contribution in [3.05, 3.63) is 24.3 Å². The van der Waals surface area contributed by atoms with Gasteiger partial charge in [-0.2, -0.15) is 8.61 Å². The zero-order valence-corrected chi connectivity index (χ0v) is 21.9. The number of carbonyl (C=O) groups excluding carboxylic acids is 1. The van der Waals surface area contributed by atoms with Gasteiger partial charge in [0.1, 0.15) is 0 Å². The van der Waals surface area contributed by atoms with Crippen molar-refractivity contribution in [3.8, 4) is 0 Å². The summed E-state index contributed by atoms with van der Waals surface area (Å²) in [6, 6.07) is 5.45. The van der Waals surface area contributed by atoms with Crippen molar-refractivity contribution in [3.63, 3.8) is 0 Å². The number of nitrogens with one attached hydrogen (secondary N) is 1. The van der Waals surface area contributed by atoms with E-state index in [1.807, 2.05) is 0 Å². The van der Waals surface area contributed by atoms with Crippen LogP contribution in [0.1, 0.15) is 52.4 Å². The second-order valence-corrected chi connectivity index (χ2v) is 12.9. The van der Waals surface area contributed by atoms with E-state index >= 15 is 0 Å². The molecule has 1 aromatic rings. The number of carbonyl (C=O) groups is 1. The van der Waals surface area contributed by atoms with E-state index in [9.17, 15) is 21.6 Å². The number of methoxy groups -OCH3 is 1. The van der Waals surface area contributed by atoms with Gasteiger partial charge in [0.05, 0.1) is 21.8 Å². The van der Waals surface area contributed by atoms with Gasteiger partial charge < -0.3 is 10.1 Å². The first-order valence-electron chi connectivity index (χ1n) is 12.1. The molecule has 9 nitrogen and oxygen atoms in total. The third-order valence-corrected chi connectivity index (χ3v) is 10.9. The van der Waals surface area contributed by atoms with Crippen LogP contribution in [-0.2, 0) is 29.6 Å². The van der Waals surface area contributed by atoms with Gasteiger partial charge in [-0.1, -0.05) is 13.8 Å². The molecule has 0 unspecified atom stereocenters. The lowest BCUT2D eigenvalue weighted by Gasteiger charge is -2.33. The van der Waals surface area contributed by atoms with Gasteiger partial charge in [-0.3, -0.25) is 4.79 Å². The number of hydrogen-bond donors (Lipinski definition) is 1. The van der Waals surface area contributed by atoms with Crippen molar-refractivity contribution in [2.45, 2.75) is 74.3 Å². The van der Waals surface area contributed by atoms with Crippen molar-refractivity contribution < 1.29 is 26.4 Å². The fourth-order valence-corrected chi connectivity index (χ4v) is 7.76. The predicted molar refractivity (Wildman–Crippen MR) is 129 cm³/mol. The number of hydrogen-bond acceptors (Lipinski definition) is 6. The standard InChI is InChI=1S/C23H37N3O6S2/c1-4-25(5-2)33(28,29)21-12-14-22(15-13-21)34(30,31)26-16-6-7-18(17-26)23(27)24-19-8-10-20(32-3)11-9-19/h12-15,18-20H,4-11,16-17H2,1-3H3,(H,24,27)/t18-,19?,20?/m1/s1. The fourth-order valence-electron chi connectivity index (χ4n) is 4.78. The van der Waals surface area contributed by atoms with E-state index in [1.165, 1.54) is 32.9 Å². The molecule has 1 aliphatic heterocycles. The van der Waals surface area contributed by atoms with E-state index in [1.54, 1.807) is 21.0 Å². The molecule has 34 heavy (non-hydrogen) atoms. The van der Waals surface area contributed by atoms with E-state index in [-0.39, 0.29) is 34.4 Å². The summed E-state index contributed by atoms with van der Waals surface area (Å²) in [5, 5.41) is 3.10. The topological polar surface area (TPSA) is 113 Å². The number of rotatable bonds is 9. The Hall–Kier alpha value is -1.53. The lowest BCUT2D eigenvalue weighted by atomic mass is 9.91. The smallest absolute Gasteiger partial charge is 0.243 e. The lowest BCUT2D eigenvalue weighted by Crippen LogP contribution is -2.48. The van der Waals surface area contributed by atoms with E-state index in [0.717, 1.165) is 25.7 Å². The zero-order chi connectivity index (χ0) is 24.9. The number of amides is 1. The second kappa shape index (κ2) is 11.5. The van der Waals surface area contributed by atoms with Gasteiger partial charge in [0.15, 0.2) is 0 Å². The quantitative estimate of drug-likeness (QED) is 0.539. The van der Waals surface area contributed by atoms with Gasteiger partial charge in [-0.15, -0.1) is 0 Å². The number of ether oxygens (including phenoxy) is 1. The van der Waals surface area contributed by atoms with Crippen molar-refractivity contribution in [2.24, 2.45) is 5.92 Å². The van der Waals surface area contributed by atoms with Crippen LogP contribution in [-0.4, -0.2) is 76.8 Å². The molecule has 0 aromatic heterocycles. The number of nitrogens with zero attached hydrogens (tertiary/aromatic N) is 2. The molecule has 1 saturated heterocycles. The molecule has 11 heteroatoms. The maximum atomic E-state index is 13.2. The van der Waals surface area contributed by atoms with Crippen molar-refractivity contribution in [2.75, 3.05) is 33.3 Å². The minimum Gasteiger partial charge on any atom is -0.381 e. The van der Waals surface area contributed by atoms with Crippen LogP contribution in [0.4, 0.5) is 0 Å². The van der Waals surface area contributed by atoms with Crippen LogP contribution in [0.2, 0.25) is 0 Å². The third-order valence-electron chi connectivity index (χ3n) is 6.91. The summed E-state index contributed by atoms with van der Waals surface area (Å²) in [5.41, 5.74) is 0. The molecule has 1 amide bonds. The van der Waals surface area contributed by atoms with E-state index in [2.05, 4.69) is 5.32 Å². The highest BCUT2D eigenvalue weighted by Crippen LogP contribution is 2.27. The lowest BCUT2D eigenvalue weighted by molar-refractivity contribution is -0.127. The van der Waals surface area contributed by atoms with Gasteiger partial charge in [0.2, 0.25) is 26.0 Å². The number of piperidine rings is 1. The first kappa shape index (κ1) is 27.1. The molecule has 0 spiro atoms. The molecule has 192 valence electrons. The summed E-state index contributed by atoms with van der Waals surface area (Å²) in [4.78, 5) is 13.0. The zero-order valence-electron chi connectivity index (χ0n) is 20.3. The molecular weight excluding hydrogens is 478 g/mol. The van der Waals surface area contributed by atoms with Gasteiger partial charge in [-0.25, -0.2) is 16.8 Å².